The van der Waals surface area contributed by atoms with E-state index in [0.717, 1.165) is 0 Å². The molecule has 1 amide bonds. The molecule has 0 aliphatic carbocycles. The summed E-state index contributed by atoms with van der Waals surface area (Å²) < 4.78 is 6.13. The third-order valence-electron chi connectivity index (χ3n) is 3.05. The summed E-state index contributed by atoms with van der Waals surface area (Å²) in [7, 11) is 0. The molecule has 2 aromatic rings. The van der Waals surface area contributed by atoms with Gasteiger partial charge in [0.2, 0.25) is 0 Å². The fourth-order valence-corrected chi connectivity index (χ4v) is 1.87. The van der Waals surface area contributed by atoms with Crippen LogP contribution in [0.2, 0.25) is 0 Å². The van der Waals surface area contributed by atoms with E-state index in [1.807, 2.05) is 0 Å². The van der Waals surface area contributed by atoms with E-state index in [9.17, 15) is 14.4 Å². The van der Waals surface area contributed by atoms with Crippen LogP contribution in [0.3, 0.4) is 0 Å². The van der Waals surface area contributed by atoms with Crippen molar-refractivity contribution in [2.75, 3.05) is 0 Å². The normalized spacial score (nSPS) is 12.1. The van der Waals surface area contributed by atoms with Crippen LogP contribution in [-0.2, 0) is 16.1 Å². The Labute approximate surface area is 120 Å². The molecule has 0 bridgehead atoms. The molecule has 0 aliphatic heterocycles. The summed E-state index contributed by atoms with van der Waals surface area (Å²) in [5, 5.41) is 4.76. The number of aromatic nitrogens is 2. The van der Waals surface area contributed by atoms with Gasteiger partial charge in [0.1, 0.15) is 0 Å². The molecule has 1 heterocycles. The zero-order valence-corrected chi connectivity index (χ0v) is 11.7. The van der Waals surface area contributed by atoms with Gasteiger partial charge in [-0.1, -0.05) is 18.2 Å². The molecule has 1 aromatic carbocycles. The average Bonchev–Trinajstić information content (AvgIpc) is 2.47. The van der Waals surface area contributed by atoms with Gasteiger partial charge < -0.3 is 10.5 Å². The molecule has 0 saturated carbocycles. The van der Waals surface area contributed by atoms with Gasteiger partial charge in [-0.05, 0) is 19.9 Å². The first kappa shape index (κ1) is 14.7. The molecule has 2 rings (SSSR count). The van der Waals surface area contributed by atoms with E-state index in [2.05, 4.69) is 5.10 Å². The number of fused-ring (bicyclic) bond motifs is 1. The molecule has 0 aliphatic rings. The molecule has 2 N–H and O–H groups in total. The zero-order chi connectivity index (χ0) is 15.6. The zero-order valence-electron chi connectivity index (χ0n) is 11.7. The van der Waals surface area contributed by atoms with E-state index in [0.29, 0.717) is 17.3 Å². The Bertz CT molecular complexity index is 766. The summed E-state index contributed by atoms with van der Waals surface area (Å²) >= 11 is 0. The molecule has 7 nitrogen and oxygen atoms in total. The van der Waals surface area contributed by atoms with Gasteiger partial charge in [0, 0.05) is 11.9 Å². The van der Waals surface area contributed by atoms with Gasteiger partial charge in [-0.15, -0.1) is 0 Å². The molecule has 0 radical (unpaired) electrons. The fourth-order valence-electron chi connectivity index (χ4n) is 1.87. The molecule has 1 aromatic heterocycles. The second-order valence-electron chi connectivity index (χ2n) is 4.47. The number of amides is 1. The number of benzene rings is 1. The van der Waals surface area contributed by atoms with Crippen LogP contribution in [0.4, 0.5) is 0 Å². The van der Waals surface area contributed by atoms with Crippen molar-refractivity contribution in [3.8, 4) is 0 Å². The Balaban J connectivity index is 2.58. The summed E-state index contributed by atoms with van der Waals surface area (Å²) in [6.45, 7) is 3.43. The van der Waals surface area contributed by atoms with Gasteiger partial charge in [0.25, 0.3) is 11.5 Å². The summed E-state index contributed by atoms with van der Waals surface area (Å²) in [5.74, 6) is -1.55. The van der Waals surface area contributed by atoms with Crippen LogP contribution in [-0.4, -0.2) is 27.8 Å². The highest BCUT2D eigenvalue weighted by Gasteiger charge is 2.21. The Kier molecular flexibility index (Phi) is 4.02. The van der Waals surface area contributed by atoms with Crippen molar-refractivity contribution < 1.29 is 14.3 Å². The van der Waals surface area contributed by atoms with Crippen molar-refractivity contribution in [3.63, 3.8) is 0 Å². The highest BCUT2D eigenvalue weighted by atomic mass is 16.5. The molecular formula is C14H15N3O4. The largest absolute Gasteiger partial charge is 0.448 e. The Hall–Kier alpha value is -2.70. The van der Waals surface area contributed by atoms with Crippen molar-refractivity contribution in [2.24, 2.45) is 5.73 Å². The predicted octanol–water partition coefficient (Wildman–Crippen LogP) is 0.447. The van der Waals surface area contributed by atoms with Gasteiger partial charge in [-0.3, -0.25) is 9.59 Å². The second kappa shape index (κ2) is 5.74. The Morgan fingerprint density at radius 3 is 2.52 bits per heavy atom. The van der Waals surface area contributed by atoms with Crippen LogP contribution >= 0.6 is 0 Å². The molecule has 0 saturated heterocycles. The number of ether oxygens (including phenoxy) is 1. The van der Waals surface area contributed by atoms with Gasteiger partial charge in [-0.2, -0.15) is 5.10 Å². The van der Waals surface area contributed by atoms with Crippen LogP contribution in [0.5, 0.6) is 0 Å². The van der Waals surface area contributed by atoms with E-state index in [-0.39, 0.29) is 11.3 Å². The number of esters is 1. The summed E-state index contributed by atoms with van der Waals surface area (Å²) in [5.41, 5.74) is 4.77. The summed E-state index contributed by atoms with van der Waals surface area (Å²) in [6, 6.07) is 6.61. The summed E-state index contributed by atoms with van der Waals surface area (Å²) in [4.78, 5) is 35.3. The minimum absolute atomic E-state index is 0.0137. The van der Waals surface area contributed by atoms with Gasteiger partial charge in [-0.25, -0.2) is 9.48 Å². The second-order valence-corrected chi connectivity index (χ2v) is 4.47. The minimum atomic E-state index is -1.07. The topological polar surface area (TPSA) is 104 Å². The SMILES string of the molecule is CCn1nc(C(=O)O[C@@H](C)C(N)=O)c2ccccc2c1=O. The number of aryl methyl sites for hydroxylation is 1. The number of nitrogens with zero attached hydrogens (tertiary/aromatic N) is 2. The van der Waals surface area contributed by atoms with Crippen LogP contribution in [0.25, 0.3) is 10.8 Å². The predicted molar refractivity (Wildman–Crippen MR) is 75.7 cm³/mol. The molecule has 0 unspecified atom stereocenters. The molecular weight excluding hydrogens is 274 g/mol. The number of hydrogen-bond acceptors (Lipinski definition) is 5. The lowest BCUT2D eigenvalue weighted by Gasteiger charge is -2.12. The number of hydrogen-bond donors (Lipinski definition) is 1. The van der Waals surface area contributed by atoms with Gasteiger partial charge in [0.05, 0.1) is 5.39 Å². The van der Waals surface area contributed by atoms with Crippen LogP contribution in [0.1, 0.15) is 24.3 Å². The van der Waals surface area contributed by atoms with Gasteiger partial charge >= 0.3 is 5.97 Å². The number of nitrogens with two attached hydrogens (primary N) is 1. The maximum absolute atomic E-state index is 12.1. The number of rotatable bonds is 4. The third kappa shape index (κ3) is 2.76. The van der Waals surface area contributed by atoms with E-state index in [1.54, 1.807) is 31.2 Å². The average molecular weight is 289 g/mol. The van der Waals surface area contributed by atoms with Crippen LogP contribution in [0, 0.1) is 0 Å². The Morgan fingerprint density at radius 1 is 1.33 bits per heavy atom. The quantitative estimate of drug-likeness (QED) is 0.823. The van der Waals surface area contributed by atoms with Crippen LogP contribution in [0.15, 0.2) is 29.1 Å². The molecule has 110 valence electrons. The Morgan fingerprint density at radius 2 is 1.95 bits per heavy atom. The highest BCUT2D eigenvalue weighted by molar-refractivity contribution is 6.02. The lowest BCUT2D eigenvalue weighted by atomic mass is 10.1. The van der Waals surface area contributed by atoms with Crippen molar-refractivity contribution in [1.82, 2.24) is 9.78 Å². The lowest BCUT2D eigenvalue weighted by Crippen LogP contribution is -2.32. The first-order chi connectivity index (χ1) is 9.95. The van der Waals surface area contributed by atoms with Crippen molar-refractivity contribution in [1.29, 1.82) is 0 Å². The molecule has 21 heavy (non-hydrogen) atoms. The third-order valence-corrected chi connectivity index (χ3v) is 3.05. The standard InChI is InChI=1S/C14H15N3O4/c1-3-17-13(19)10-7-5-4-6-9(10)11(16-17)14(20)21-8(2)12(15)18/h4-8H,3H2,1-2H3,(H2,15,18)/t8-/m0/s1. The highest BCUT2D eigenvalue weighted by Crippen LogP contribution is 2.14. The first-order valence-electron chi connectivity index (χ1n) is 6.45. The number of carbonyl (C=O) groups excluding carboxylic acids is 2. The van der Waals surface area contributed by atoms with E-state index < -0.39 is 18.0 Å². The molecule has 0 fully saturated rings. The minimum Gasteiger partial charge on any atom is -0.448 e. The van der Waals surface area contributed by atoms with Crippen LogP contribution < -0.4 is 11.3 Å². The van der Waals surface area contributed by atoms with Crippen molar-refractivity contribution in [3.05, 3.63) is 40.3 Å². The van der Waals surface area contributed by atoms with E-state index in [1.165, 1.54) is 11.6 Å². The number of carbonyl (C=O) groups is 2. The maximum Gasteiger partial charge on any atom is 0.360 e. The molecule has 0 spiro atoms. The van der Waals surface area contributed by atoms with E-state index >= 15 is 0 Å². The maximum atomic E-state index is 12.1. The monoisotopic (exact) mass is 289 g/mol. The van der Waals surface area contributed by atoms with Crippen molar-refractivity contribution >= 4 is 22.6 Å². The fraction of sp³-hybridized carbons (Fsp3) is 0.286. The number of primary amides is 1. The summed E-state index contributed by atoms with van der Waals surface area (Å²) in [6.07, 6.45) is -1.07. The van der Waals surface area contributed by atoms with Crippen molar-refractivity contribution in [2.45, 2.75) is 26.5 Å². The van der Waals surface area contributed by atoms with E-state index in [4.69, 9.17) is 10.5 Å². The molecule has 1 atom stereocenters. The molecule has 7 heteroatoms. The first-order valence-corrected chi connectivity index (χ1v) is 6.45. The van der Waals surface area contributed by atoms with Gasteiger partial charge in [0.15, 0.2) is 11.8 Å². The smallest absolute Gasteiger partial charge is 0.360 e. The lowest BCUT2D eigenvalue weighted by molar-refractivity contribution is -0.125.